The van der Waals surface area contributed by atoms with E-state index in [9.17, 15) is 0 Å². The van der Waals surface area contributed by atoms with Gasteiger partial charge in [0.15, 0.2) is 0 Å². The minimum absolute atomic E-state index is 0.0177. The monoisotopic (exact) mass is 337 g/mol. The molecule has 0 bridgehead atoms. The zero-order valence-corrected chi connectivity index (χ0v) is 14.4. The van der Waals surface area contributed by atoms with Crippen molar-refractivity contribution in [2.24, 2.45) is 0 Å². The van der Waals surface area contributed by atoms with Crippen LogP contribution in [0.5, 0.6) is 0 Å². The summed E-state index contributed by atoms with van der Waals surface area (Å²) in [5.41, 5.74) is 10.3. The normalized spacial score (nSPS) is 17.5. The molecule has 2 N–H and O–H groups in total. The van der Waals surface area contributed by atoms with Gasteiger partial charge in [0.1, 0.15) is 6.17 Å². The number of rotatable bonds is 3. The molecule has 0 saturated carbocycles. The first-order valence-electron chi connectivity index (χ1n) is 7.89. The van der Waals surface area contributed by atoms with Crippen LogP contribution in [0.2, 0.25) is 0 Å². The predicted molar refractivity (Wildman–Crippen MR) is 98.4 cm³/mol. The summed E-state index contributed by atoms with van der Waals surface area (Å²) < 4.78 is 0. The van der Waals surface area contributed by atoms with E-state index >= 15 is 0 Å². The van der Waals surface area contributed by atoms with E-state index in [2.05, 4.69) is 42.0 Å². The lowest BCUT2D eigenvalue weighted by atomic mass is 10.2. The highest BCUT2D eigenvalue weighted by atomic mass is 32.1. The standard InChI is InChI=1S/C18H19N5S/c1-13-14(2)24-18(19-13)23-21-17(15-9-5-3-6-10-15)20-22(23)16-11-7-4-8-12-16/h3-12,17,20-21H,1-2H3/t17-/m1/s1. The van der Waals surface area contributed by atoms with Gasteiger partial charge in [-0.05, 0) is 31.5 Å². The minimum Gasteiger partial charge on any atom is -0.223 e. The van der Waals surface area contributed by atoms with Crippen molar-refractivity contribution in [3.05, 3.63) is 76.8 Å². The average molecular weight is 337 g/mol. The average Bonchev–Trinajstić information content (AvgIpc) is 3.21. The van der Waals surface area contributed by atoms with E-state index in [1.165, 1.54) is 10.4 Å². The van der Waals surface area contributed by atoms with Crippen molar-refractivity contribution in [3.63, 3.8) is 0 Å². The van der Waals surface area contributed by atoms with Crippen LogP contribution in [0, 0.1) is 13.8 Å². The second kappa shape index (κ2) is 6.24. The fraction of sp³-hybridized carbons (Fsp3) is 0.167. The van der Waals surface area contributed by atoms with E-state index in [0.29, 0.717) is 0 Å². The Labute approximate surface area is 145 Å². The summed E-state index contributed by atoms with van der Waals surface area (Å²) in [5.74, 6) is 0. The number of hydrazine groups is 3. The quantitative estimate of drug-likeness (QED) is 0.763. The molecular formula is C18H19N5S. The maximum absolute atomic E-state index is 4.70. The Morgan fingerprint density at radius 3 is 2.12 bits per heavy atom. The molecule has 0 spiro atoms. The third-order valence-electron chi connectivity index (χ3n) is 4.03. The number of nitrogens with zero attached hydrogens (tertiary/aromatic N) is 3. The first-order valence-corrected chi connectivity index (χ1v) is 8.70. The van der Waals surface area contributed by atoms with Gasteiger partial charge in [0.05, 0.1) is 11.4 Å². The summed E-state index contributed by atoms with van der Waals surface area (Å²) in [7, 11) is 0. The number of hydrogen-bond donors (Lipinski definition) is 2. The molecular weight excluding hydrogens is 318 g/mol. The molecule has 3 aromatic rings. The van der Waals surface area contributed by atoms with Gasteiger partial charge in [-0.15, -0.1) is 0 Å². The zero-order valence-electron chi connectivity index (χ0n) is 13.6. The highest BCUT2D eigenvalue weighted by Crippen LogP contribution is 2.31. The summed E-state index contributed by atoms with van der Waals surface area (Å²) in [4.78, 5) is 5.92. The Kier molecular flexibility index (Phi) is 3.93. The molecule has 2 aromatic carbocycles. The Morgan fingerprint density at radius 1 is 0.875 bits per heavy atom. The summed E-state index contributed by atoms with van der Waals surface area (Å²) >= 11 is 1.68. The molecule has 1 fully saturated rings. The molecule has 122 valence electrons. The van der Waals surface area contributed by atoms with E-state index in [4.69, 9.17) is 4.98 Å². The Bertz CT molecular complexity index is 798. The fourth-order valence-electron chi connectivity index (χ4n) is 2.63. The first kappa shape index (κ1) is 15.1. The van der Waals surface area contributed by atoms with Crippen LogP contribution in [-0.2, 0) is 0 Å². The van der Waals surface area contributed by atoms with E-state index in [1.54, 1.807) is 11.3 Å². The van der Waals surface area contributed by atoms with Crippen molar-refractivity contribution in [1.82, 2.24) is 15.8 Å². The molecule has 1 atom stereocenters. The van der Waals surface area contributed by atoms with E-state index in [0.717, 1.165) is 16.5 Å². The SMILES string of the molecule is Cc1nc(N2N[C@H](c3ccccc3)NN2c2ccccc2)sc1C. The van der Waals surface area contributed by atoms with Gasteiger partial charge in [-0.1, -0.05) is 59.9 Å². The van der Waals surface area contributed by atoms with Gasteiger partial charge < -0.3 is 0 Å². The fourth-order valence-corrected chi connectivity index (χ4v) is 3.50. The maximum atomic E-state index is 4.70. The van der Waals surface area contributed by atoms with Crippen LogP contribution < -0.4 is 21.1 Å². The number of nitrogens with one attached hydrogen (secondary N) is 2. The second-order valence-electron chi connectivity index (χ2n) is 5.70. The van der Waals surface area contributed by atoms with E-state index in [1.807, 2.05) is 53.6 Å². The lowest BCUT2D eigenvalue weighted by molar-refractivity contribution is 0.574. The van der Waals surface area contributed by atoms with Crippen LogP contribution >= 0.6 is 11.3 Å². The van der Waals surface area contributed by atoms with Crippen molar-refractivity contribution in [1.29, 1.82) is 0 Å². The lowest BCUT2D eigenvalue weighted by Gasteiger charge is -2.26. The molecule has 1 aromatic heterocycles. The van der Waals surface area contributed by atoms with Crippen LogP contribution in [0.1, 0.15) is 22.3 Å². The molecule has 0 radical (unpaired) electrons. The van der Waals surface area contributed by atoms with Gasteiger partial charge in [-0.25, -0.2) is 4.98 Å². The van der Waals surface area contributed by atoms with E-state index < -0.39 is 0 Å². The van der Waals surface area contributed by atoms with Crippen molar-refractivity contribution in [3.8, 4) is 0 Å². The van der Waals surface area contributed by atoms with Crippen molar-refractivity contribution in [2.75, 3.05) is 10.2 Å². The van der Waals surface area contributed by atoms with Crippen molar-refractivity contribution in [2.45, 2.75) is 20.0 Å². The molecule has 0 unspecified atom stereocenters. The molecule has 6 heteroatoms. The van der Waals surface area contributed by atoms with Gasteiger partial charge in [0, 0.05) is 4.88 Å². The number of aryl methyl sites for hydroxylation is 2. The number of hydrogen-bond acceptors (Lipinski definition) is 6. The Morgan fingerprint density at radius 2 is 1.50 bits per heavy atom. The number of para-hydroxylation sites is 1. The molecule has 1 aliphatic rings. The topological polar surface area (TPSA) is 43.4 Å². The highest BCUT2D eigenvalue weighted by molar-refractivity contribution is 7.15. The molecule has 0 amide bonds. The second-order valence-corrected chi connectivity index (χ2v) is 6.88. The molecule has 1 aliphatic heterocycles. The summed E-state index contributed by atoms with van der Waals surface area (Å²) in [6.45, 7) is 4.14. The smallest absolute Gasteiger partial charge is 0.221 e. The Balaban J connectivity index is 1.71. The molecule has 5 nitrogen and oxygen atoms in total. The number of benzene rings is 2. The van der Waals surface area contributed by atoms with Crippen LogP contribution in [0.3, 0.4) is 0 Å². The molecule has 4 rings (SSSR count). The van der Waals surface area contributed by atoms with Gasteiger partial charge in [-0.3, -0.25) is 0 Å². The third kappa shape index (κ3) is 2.75. The summed E-state index contributed by atoms with van der Waals surface area (Å²) in [6, 6.07) is 20.6. The number of anilines is 2. The van der Waals surface area contributed by atoms with Gasteiger partial charge in [0.2, 0.25) is 5.13 Å². The summed E-state index contributed by atoms with van der Waals surface area (Å²) in [5, 5.41) is 4.91. The predicted octanol–water partition coefficient (Wildman–Crippen LogP) is 3.71. The van der Waals surface area contributed by atoms with Crippen molar-refractivity contribution < 1.29 is 0 Å². The van der Waals surface area contributed by atoms with Gasteiger partial charge >= 0.3 is 0 Å². The number of aromatic nitrogens is 1. The van der Waals surface area contributed by atoms with Gasteiger partial charge in [0.25, 0.3) is 0 Å². The molecule has 24 heavy (non-hydrogen) atoms. The van der Waals surface area contributed by atoms with Crippen LogP contribution in [0.25, 0.3) is 0 Å². The first-order chi connectivity index (χ1) is 11.7. The molecule has 2 heterocycles. The van der Waals surface area contributed by atoms with Crippen molar-refractivity contribution >= 4 is 22.2 Å². The Hall–Kier alpha value is -2.41. The molecule has 0 aliphatic carbocycles. The third-order valence-corrected chi connectivity index (χ3v) is 5.08. The van der Waals surface area contributed by atoms with Crippen LogP contribution in [0.4, 0.5) is 10.8 Å². The highest BCUT2D eigenvalue weighted by Gasteiger charge is 2.32. The summed E-state index contributed by atoms with van der Waals surface area (Å²) in [6.07, 6.45) is -0.0177. The van der Waals surface area contributed by atoms with Crippen LogP contribution in [0.15, 0.2) is 60.7 Å². The molecule has 1 saturated heterocycles. The number of thiazole rings is 1. The van der Waals surface area contributed by atoms with Gasteiger partial charge in [-0.2, -0.15) is 21.1 Å². The minimum atomic E-state index is -0.0177. The largest absolute Gasteiger partial charge is 0.223 e. The lowest BCUT2D eigenvalue weighted by Crippen LogP contribution is -2.45. The van der Waals surface area contributed by atoms with Crippen LogP contribution in [-0.4, -0.2) is 4.98 Å². The van der Waals surface area contributed by atoms with E-state index in [-0.39, 0.29) is 6.17 Å². The zero-order chi connectivity index (χ0) is 16.5. The maximum Gasteiger partial charge on any atom is 0.221 e.